The zero-order valence-electron chi connectivity index (χ0n) is 8.97. The average molecular weight is 252 g/mol. The van der Waals surface area contributed by atoms with Crippen molar-refractivity contribution in [1.29, 1.82) is 0 Å². The lowest BCUT2D eigenvalue weighted by atomic mass is 10.2. The largest absolute Gasteiger partial charge is 0.358 e. The Kier molecular flexibility index (Phi) is 2.48. The number of carbonyl (C=O) groups is 1. The molecule has 1 aliphatic rings. The number of hydrogen-bond acceptors (Lipinski definition) is 5. The Morgan fingerprint density at radius 3 is 3.18 bits per heavy atom. The summed E-state index contributed by atoms with van der Waals surface area (Å²) in [5, 5.41) is 7.34. The van der Waals surface area contributed by atoms with Crippen LogP contribution in [-0.4, -0.2) is 28.1 Å². The van der Waals surface area contributed by atoms with E-state index in [4.69, 9.17) is 16.2 Å². The second-order valence-electron chi connectivity index (χ2n) is 4.06. The van der Waals surface area contributed by atoms with E-state index in [0.29, 0.717) is 11.0 Å². The van der Waals surface area contributed by atoms with Gasteiger partial charge in [-0.15, -0.1) is 0 Å². The minimum atomic E-state index is -0.323. The van der Waals surface area contributed by atoms with Crippen LogP contribution in [0.4, 0.5) is 5.69 Å². The Labute approximate surface area is 102 Å². The summed E-state index contributed by atoms with van der Waals surface area (Å²) < 4.78 is 4.72. The topological polar surface area (TPSA) is 59.2 Å². The van der Waals surface area contributed by atoms with Crippen molar-refractivity contribution in [3.8, 4) is 0 Å². The highest BCUT2D eigenvalue weighted by Crippen LogP contribution is 2.31. The molecular weight excluding hydrogens is 242 g/mol. The van der Waals surface area contributed by atoms with Gasteiger partial charge < -0.3 is 4.90 Å². The van der Waals surface area contributed by atoms with Crippen molar-refractivity contribution in [3.63, 3.8) is 0 Å². The number of anilines is 1. The number of nitrogens with zero attached hydrogens (tertiary/aromatic N) is 3. The van der Waals surface area contributed by atoms with Crippen molar-refractivity contribution in [2.75, 3.05) is 11.4 Å². The molecule has 0 bridgehead atoms. The lowest BCUT2D eigenvalue weighted by Gasteiger charge is -2.23. The van der Waals surface area contributed by atoms with E-state index in [2.05, 4.69) is 10.3 Å². The quantitative estimate of drug-likeness (QED) is 0.764. The summed E-state index contributed by atoms with van der Waals surface area (Å²) >= 11 is 5.61. The molecule has 1 saturated heterocycles. The zero-order chi connectivity index (χ0) is 11.8. The van der Waals surface area contributed by atoms with E-state index in [1.54, 1.807) is 0 Å². The maximum atomic E-state index is 11.4. The summed E-state index contributed by atoms with van der Waals surface area (Å²) in [6, 6.07) is 5.34. The van der Waals surface area contributed by atoms with Crippen LogP contribution in [0.3, 0.4) is 0 Å². The van der Waals surface area contributed by atoms with Crippen molar-refractivity contribution >= 4 is 33.6 Å². The number of benzene rings is 1. The summed E-state index contributed by atoms with van der Waals surface area (Å²) in [5.74, 6) is 0. The molecule has 17 heavy (non-hydrogen) atoms. The fourth-order valence-electron chi connectivity index (χ4n) is 2.31. The Morgan fingerprint density at radius 1 is 1.47 bits per heavy atom. The van der Waals surface area contributed by atoms with Crippen molar-refractivity contribution < 1.29 is 9.42 Å². The van der Waals surface area contributed by atoms with Crippen LogP contribution in [0.25, 0.3) is 11.0 Å². The molecule has 0 N–H and O–H groups in total. The first kappa shape index (κ1) is 10.5. The molecule has 88 valence electrons. The number of carbonyl (C=O) groups excluding carboxylic acids is 1. The third kappa shape index (κ3) is 1.67. The van der Waals surface area contributed by atoms with Crippen LogP contribution < -0.4 is 4.90 Å². The first-order valence-electron chi connectivity index (χ1n) is 5.44. The van der Waals surface area contributed by atoms with Gasteiger partial charge in [-0.05, 0) is 46.9 Å². The summed E-state index contributed by atoms with van der Waals surface area (Å²) in [4.78, 5) is 13.3. The SMILES string of the molecule is O=C(Cl)C1CCCN1c1cccc2nonc12. The number of halogens is 1. The van der Waals surface area contributed by atoms with E-state index in [1.165, 1.54) is 0 Å². The highest BCUT2D eigenvalue weighted by Gasteiger charge is 2.31. The van der Waals surface area contributed by atoms with E-state index in [9.17, 15) is 4.79 Å². The normalized spacial score (nSPS) is 20.1. The summed E-state index contributed by atoms with van der Waals surface area (Å²) in [5.41, 5.74) is 2.23. The second kappa shape index (κ2) is 4.00. The molecule has 5 nitrogen and oxygen atoms in total. The van der Waals surface area contributed by atoms with Gasteiger partial charge in [0.15, 0.2) is 5.52 Å². The number of hydrogen-bond donors (Lipinski definition) is 0. The average Bonchev–Trinajstić information content (AvgIpc) is 2.97. The maximum absolute atomic E-state index is 11.4. The molecule has 0 saturated carbocycles. The van der Waals surface area contributed by atoms with Gasteiger partial charge in [0, 0.05) is 6.54 Å². The minimum absolute atomic E-state index is 0.265. The number of rotatable bonds is 2. The van der Waals surface area contributed by atoms with Crippen LogP contribution in [0.2, 0.25) is 0 Å². The van der Waals surface area contributed by atoms with Crippen LogP contribution in [-0.2, 0) is 4.79 Å². The molecule has 0 aliphatic carbocycles. The fraction of sp³-hybridized carbons (Fsp3) is 0.364. The lowest BCUT2D eigenvalue weighted by Crippen LogP contribution is -2.33. The predicted octanol–water partition coefficient (Wildman–Crippen LogP) is 1.96. The van der Waals surface area contributed by atoms with Crippen molar-refractivity contribution in [3.05, 3.63) is 18.2 Å². The van der Waals surface area contributed by atoms with Gasteiger partial charge >= 0.3 is 0 Å². The Morgan fingerprint density at radius 2 is 2.35 bits per heavy atom. The van der Waals surface area contributed by atoms with Gasteiger partial charge in [0.2, 0.25) is 5.24 Å². The molecule has 1 unspecified atom stereocenters. The summed E-state index contributed by atoms with van der Waals surface area (Å²) in [6.07, 6.45) is 1.73. The van der Waals surface area contributed by atoms with Gasteiger partial charge in [0.1, 0.15) is 11.6 Å². The van der Waals surface area contributed by atoms with Crippen molar-refractivity contribution in [2.24, 2.45) is 0 Å². The molecular formula is C11H10ClN3O2. The highest BCUT2D eigenvalue weighted by molar-refractivity contribution is 6.65. The van der Waals surface area contributed by atoms with E-state index >= 15 is 0 Å². The Hall–Kier alpha value is -1.62. The van der Waals surface area contributed by atoms with E-state index in [1.807, 2.05) is 23.1 Å². The first-order valence-corrected chi connectivity index (χ1v) is 5.82. The standard InChI is InChI=1S/C11H10ClN3O2/c12-11(16)9-5-2-6-15(9)8-4-1-3-7-10(8)14-17-13-7/h1,3-4,9H,2,5-6H2. The number of fused-ring (bicyclic) bond motifs is 1. The third-order valence-corrected chi connectivity index (χ3v) is 3.34. The maximum Gasteiger partial charge on any atom is 0.244 e. The molecule has 0 radical (unpaired) electrons. The van der Waals surface area contributed by atoms with E-state index in [0.717, 1.165) is 25.1 Å². The molecule has 1 atom stereocenters. The van der Waals surface area contributed by atoms with Crippen LogP contribution >= 0.6 is 11.6 Å². The molecule has 2 heterocycles. The smallest absolute Gasteiger partial charge is 0.244 e. The monoisotopic (exact) mass is 251 g/mol. The van der Waals surface area contributed by atoms with Crippen molar-refractivity contribution in [2.45, 2.75) is 18.9 Å². The predicted molar refractivity (Wildman–Crippen MR) is 63.0 cm³/mol. The van der Waals surface area contributed by atoms with Crippen molar-refractivity contribution in [1.82, 2.24) is 10.3 Å². The molecule has 6 heteroatoms. The summed E-state index contributed by atoms with van der Waals surface area (Å²) in [6.45, 7) is 0.801. The van der Waals surface area contributed by atoms with Gasteiger partial charge in [0.05, 0.1) is 5.69 Å². The van der Waals surface area contributed by atoms with Gasteiger partial charge in [-0.2, -0.15) is 0 Å². The number of aromatic nitrogens is 2. The van der Waals surface area contributed by atoms with E-state index < -0.39 is 0 Å². The molecule has 1 aliphatic heterocycles. The Balaban J connectivity index is 2.08. The van der Waals surface area contributed by atoms with Crippen LogP contribution in [0.15, 0.2) is 22.8 Å². The molecule has 1 aromatic heterocycles. The molecule has 1 fully saturated rings. The van der Waals surface area contributed by atoms with E-state index in [-0.39, 0.29) is 11.3 Å². The molecule has 1 aromatic carbocycles. The van der Waals surface area contributed by atoms with Gasteiger partial charge in [-0.25, -0.2) is 4.63 Å². The molecule has 0 spiro atoms. The highest BCUT2D eigenvalue weighted by atomic mass is 35.5. The Bertz CT molecular complexity index is 569. The fourth-order valence-corrected chi connectivity index (χ4v) is 2.54. The summed E-state index contributed by atoms with van der Waals surface area (Å²) in [7, 11) is 0. The minimum Gasteiger partial charge on any atom is -0.358 e. The lowest BCUT2D eigenvalue weighted by molar-refractivity contribution is -0.112. The van der Waals surface area contributed by atoms with Gasteiger partial charge in [0.25, 0.3) is 0 Å². The van der Waals surface area contributed by atoms with Crippen LogP contribution in [0.1, 0.15) is 12.8 Å². The third-order valence-electron chi connectivity index (χ3n) is 3.09. The molecule has 0 amide bonds. The molecule has 2 aromatic rings. The molecule has 3 rings (SSSR count). The van der Waals surface area contributed by atoms with Crippen LogP contribution in [0, 0.1) is 0 Å². The zero-order valence-corrected chi connectivity index (χ0v) is 9.72. The van der Waals surface area contributed by atoms with Crippen LogP contribution in [0.5, 0.6) is 0 Å². The van der Waals surface area contributed by atoms with Gasteiger partial charge in [-0.3, -0.25) is 4.79 Å². The van der Waals surface area contributed by atoms with Gasteiger partial charge in [-0.1, -0.05) is 6.07 Å². The second-order valence-corrected chi connectivity index (χ2v) is 4.44. The first-order chi connectivity index (χ1) is 8.27.